The number of hydrogen-bond donors (Lipinski definition) is 0. The van der Waals surface area contributed by atoms with E-state index in [2.05, 4.69) is 0 Å². The molecule has 0 bridgehead atoms. The molecule has 1 saturated heterocycles. The van der Waals surface area contributed by atoms with Crippen molar-refractivity contribution in [3.05, 3.63) is 0 Å². The first-order chi connectivity index (χ1) is 5.91. The molecular weight excluding hydrogens is 197 g/mol. The quantitative estimate of drug-likeness (QED) is 0.632. The largest absolute Gasteiger partial charge is 0.389 e. The lowest BCUT2D eigenvalue weighted by atomic mass is 10.0. The normalized spacial score (nSPS) is 30.7. The highest BCUT2D eigenvalue weighted by atomic mass is 28.1. The third-order valence-corrected chi connectivity index (χ3v) is 3.78. The summed E-state index contributed by atoms with van der Waals surface area (Å²) < 4.78 is 41.2. The van der Waals surface area contributed by atoms with Gasteiger partial charge >= 0.3 is 6.18 Å². The maximum atomic E-state index is 11.9. The van der Waals surface area contributed by atoms with Crippen molar-refractivity contribution in [2.75, 3.05) is 6.61 Å². The molecule has 13 heavy (non-hydrogen) atoms. The molecule has 0 aromatic rings. The number of halogens is 3. The Hall–Kier alpha value is -0.0331. The van der Waals surface area contributed by atoms with Gasteiger partial charge in [-0.15, -0.1) is 0 Å². The van der Waals surface area contributed by atoms with E-state index in [0.29, 0.717) is 16.8 Å². The smallest absolute Gasteiger partial charge is 0.380 e. The van der Waals surface area contributed by atoms with Gasteiger partial charge in [0.25, 0.3) is 0 Å². The van der Waals surface area contributed by atoms with Crippen LogP contribution < -0.4 is 0 Å². The van der Waals surface area contributed by atoms with Gasteiger partial charge in [0.05, 0.1) is 0 Å². The second-order valence-electron chi connectivity index (χ2n) is 3.87. The molecule has 1 heterocycles. The Morgan fingerprint density at radius 3 is 2.46 bits per heavy atom. The third kappa shape index (κ3) is 4.13. The third-order valence-electron chi connectivity index (χ3n) is 2.49. The van der Waals surface area contributed by atoms with E-state index in [9.17, 15) is 13.2 Å². The molecule has 0 aromatic heterocycles. The summed E-state index contributed by atoms with van der Waals surface area (Å²) in [6.07, 6.45) is -1.75. The van der Waals surface area contributed by atoms with Crippen LogP contribution in [0.4, 0.5) is 13.2 Å². The van der Waals surface area contributed by atoms with E-state index in [-0.39, 0.29) is 6.42 Å². The van der Waals surface area contributed by atoms with Gasteiger partial charge in [-0.3, -0.25) is 0 Å². The average molecular weight is 212 g/mol. The Labute approximate surface area is 79.1 Å². The summed E-state index contributed by atoms with van der Waals surface area (Å²) in [6.45, 7) is 0.640. The number of rotatable bonds is 2. The molecule has 0 aliphatic carbocycles. The van der Waals surface area contributed by atoms with Crippen LogP contribution in [0.15, 0.2) is 0 Å². The highest BCUT2D eigenvalue weighted by Gasteiger charge is 2.34. The first-order valence-electron chi connectivity index (χ1n) is 4.62. The highest BCUT2D eigenvalue weighted by Crippen LogP contribution is 2.31. The molecule has 0 spiro atoms. The van der Waals surface area contributed by atoms with Crippen molar-refractivity contribution >= 4 is 10.2 Å². The molecule has 1 atom stereocenters. The summed E-state index contributed by atoms with van der Waals surface area (Å²) >= 11 is 0. The lowest BCUT2D eigenvalue weighted by Gasteiger charge is -2.34. The minimum Gasteiger partial charge on any atom is -0.380 e. The van der Waals surface area contributed by atoms with Gasteiger partial charge in [-0.25, -0.2) is 0 Å². The van der Waals surface area contributed by atoms with Gasteiger partial charge < -0.3 is 4.74 Å². The molecule has 0 saturated carbocycles. The van der Waals surface area contributed by atoms with Gasteiger partial charge in [0.2, 0.25) is 0 Å². The van der Waals surface area contributed by atoms with Crippen molar-refractivity contribution in [3.63, 3.8) is 0 Å². The van der Waals surface area contributed by atoms with Gasteiger partial charge in [-0.05, 0) is 25.7 Å². The monoisotopic (exact) mass is 212 g/mol. The van der Waals surface area contributed by atoms with Crippen molar-refractivity contribution < 1.29 is 17.9 Å². The van der Waals surface area contributed by atoms with Crippen LogP contribution in [0.3, 0.4) is 0 Å². The van der Waals surface area contributed by atoms with Crippen LogP contribution in [0.25, 0.3) is 0 Å². The zero-order chi connectivity index (χ0) is 9.95. The maximum absolute atomic E-state index is 11.9. The summed E-state index contributed by atoms with van der Waals surface area (Å²) in [5.41, 5.74) is 0. The van der Waals surface area contributed by atoms with Crippen LogP contribution in [0, 0.1) is 0 Å². The van der Waals surface area contributed by atoms with Crippen LogP contribution in [0.5, 0.6) is 0 Å². The van der Waals surface area contributed by atoms with Crippen molar-refractivity contribution in [2.24, 2.45) is 0 Å². The molecule has 0 radical (unpaired) electrons. The standard InChI is InChI=1S/C8H15F3OSi/c9-8(10,11)5-4-7(13)3-1-2-6-12-7/h1-6H2,13H3. The van der Waals surface area contributed by atoms with Crippen LogP contribution in [0.1, 0.15) is 32.1 Å². The molecule has 0 amide bonds. The average Bonchev–Trinajstić information content (AvgIpc) is 2.02. The second-order valence-corrected chi connectivity index (χ2v) is 5.69. The van der Waals surface area contributed by atoms with Crippen LogP contribution >= 0.6 is 0 Å². The second kappa shape index (κ2) is 4.00. The molecule has 1 fully saturated rings. The Morgan fingerprint density at radius 2 is 2.00 bits per heavy atom. The molecule has 78 valence electrons. The van der Waals surface area contributed by atoms with E-state index in [1.807, 2.05) is 0 Å². The minimum atomic E-state index is -4.03. The SMILES string of the molecule is FC(F)(F)CCC1([SiH3])CCCCO1. The summed E-state index contributed by atoms with van der Waals surface area (Å²) in [6, 6.07) is 0. The Morgan fingerprint density at radius 1 is 1.31 bits per heavy atom. The minimum absolute atomic E-state index is 0.155. The Kier molecular flexibility index (Phi) is 3.40. The van der Waals surface area contributed by atoms with E-state index in [0.717, 1.165) is 19.3 Å². The van der Waals surface area contributed by atoms with Gasteiger partial charge in [0.15, 0.2) is 0 Å². The summed E-state index contributed by atoms with van der Waals surface area (Å²) in [5, 5.41) is -0.395. The van der Waals surface area contributed by atoms with Crippen LogP contribution in [-0.2, 0) is 4.74 Å². The fourth-order valence-corrected chi connectivity index (χ4v) is 2.40. The van der Waals surface area contributed by atoms with E-state index in [1.165, 1.54) is 0 Å². The fraction of sp³-hybridized carbons (Fsp3) is 1.00. The molecule has 1 aliphatic heterocycles. The molecular formula is C8H15F3OSi. The Balaban J connectivity index is 2.33. The lowest BCUT2D eigenvalue weighted by Crippen LogP contribution is -2.37. The van der Waals surface area contributed by atoms with Crippen molar-refractivity contribution in [2.45, 2.75) is 43.5 Å². The molecule has 0 aromatic carbocycles. The maximum Gasteiger partial charge on any atom is 0.389 e. The van der Waals surface area contributed by atoms with Crippen molar-refractivity contribution in [3.8, 4) is 0 Å². The highest BCUT2D eigenvalue weighted by molar-refractivity contribution is 6.14. The molecule has 5 heteroatoms. The van der Waals surface area contributed by atoms with Gasteiger partial charge in [0.1, 0.15) is 0 Å². The number of hydrogen-bond acceptors (Lipinski definition) is 1. The molecule has 0 N–H and O–H groups in total. The lowest BCUT2D eigenvalue weighted by molar-refractivity contribution is -0.147. The number of ether oxygens (including phenoxy) is 1. The van der Waals surface area contributed by atoms with Crippen molar-refractivity contribution in [1.29, 1.82) is 0 Å². The van der Waals surface area contributed by atoms with E-state index < -0.39 is 17.8 Å². The predicted octanol–water partition coefficient (Wildman–Crippen LogP) is 1.59. The molecule has 1 aliphatic rings. The van der Waals surface area contributed by atoms with E-state index in [4.69, 9.17) is 4.74 Å². The first-order valence-corrected chi connectivity index (χ1v) is 5.62. The molecule has 1 unspecified atom stereocenters. The zero-order valence-corrected chi connectivity index (χ0v) is 9.78. The van der Waals surface area contributed by atoms with E-state index >= 15 is 0 Å². The van der Waals surface area contributed by atoms with Gasteiger partial charge in [0, 0.05) is 28.5 Å². The summed E-state index contributed by atoms with van der Waals surface area (Å²) in [4.78, 5) is 0. The first kappa shape index (κ1) is 11.0. The van der Waals surface area contributed by atoms with Crippen molar-refractivity contribution in [1.82, 2.24) is 0 Å². The Bertz CT molecular complexity index is 163. The molecule has 1 rings (SSSR count). The fourth-order valence-electron chi connectivity index (χ4n) is 1.60. The van der Waals surface area contributed by atoms with Crippen LogP contribution in [0.2, 0.25) is 0 Å². The summed E-state index contributed by atoms with van der Waals surface area (Å²) in [5.74, 6) is 0. The van der Waals surface area contributed by atoms with Gasteiger partial charge in [-0.1, -0.05) is 0 Å². The van der Waals surface area contributed by atoms with E-state index in [1.54, 1.807) is 0 Å². The number of alkyl halides is 3. The summed E-state index contributed by atoms with van der Waals surface area (Å²) in [7, 11) is 0.701. The zero-order valence-electron chi connectivity index (χ0n) is 7.78. The predicted molar refractivity (Wildman–Crippen MR) is 47.8 cm³/mol. The van der Waals surface area contributed by atoms with Crippen LogP contribution in [-0.4, -0.2) is 28.2 Å². The molecule has 1 nitrogen and oxygen atoms in total. The topological polar surface area (TPSA) is 9.23 Å². The van der Waals surface area contributed by atoms with Gasteiger partial charge in [-0.2, -0.15) is 13.2 Å².